The van der Waals surface area contributed by atoms with Crippen LogP contribution in [0, 0.1) is 0 Å². The Kier molecular flexibility index (Phi) is 16.9. The standard InChI is InChI=1S/C22H42O4S/c1-2-3-4-5-6-7-8-9-10-11-12-13-14-15-16-17-18-22(27,21(25)26)19-20(23)24/h27H,2-19H2,1H3,(H,23,24)(H,25,26). The molecule has 27 heavy (non-hydrogen) atoms. The van der Waals surface area contributed by atoms with Crippen LogP contribution in [0.25, 0.3) is 0 Å². The van der Waals surface area contributed by atoms with Crippen LogP contribution in [-0.4, -0.2) is 26.9 Å². The molecular formula is C22H42O4S. The molecule has 1 atom stereocenters. The Hall–Kier alpha value is -0.710. The van der Waals surface area contributed by atoms with Crippen molar-refractivity contribution in [3.05, 3.63) is 0 Å². The van der Waals surface area contributed by atoms with Gasteiger partial charge in [0.1, 0.15) is 4.75 Å². The number of hydrogen-bond acceptors (Lipinski definition) is 3. The van der Waals surface area contributed by atoms with E-state index in [2.05, 4.69) is 19.6 Å². The molecule has 0 aromatic carbocycles. The lowest BCUT2D eigenvalue weighted by Gasteiger charge is -2.21. The van der Waals surface area contributed by atoms with Crippen molar-refractivity contribution in [2.45, 2.75) is 127 Å². The summed E-state index contributed by atoms with van der Waals surface area (Å²) in [6.07, 6.45) is 20.1. The van der Waals surface area contributed by atoms with Gasteiger partial charge in [0.2, 0.25) is 0 Å². The van der Waals surface area contributed by atoms with Crippen molar-refractivity contribution in [3.8, 4) is 0 Å². The smallest absolute Gasteiger partial charge is 0.320 e. The molecule has 0 fully saturated rings. The summed E-state index contributed by atoms with van der Waals surface area (Å²) in [6.45, 7) is 2.26. The van der Waals surface area contributed by atoms with Crippen LogP contribution in [-0.2, 0) is 9.59 Å². The first kappa shape index (κ1) is 26.3. The van der Waals surface area contributed by atoms with Gasteiger partial charge in [0.05, 0.1) is 6.42 Å². The second-order valence-electron chi connectivity index (χ2n) is 7.96. The fraction of sp³-hybridized carbons (Fsp3) is 0.909. The molecule has 4 nitrogen and oxygen atoms in total. The maximum atomic E-state index is 11.2. The number of carbonyl (C=O) groups is 2. The fourth-order valence-corrected chi connectivity index (χ4v) is 3.78. The molecule has 0 aliphatic rings. The molecule has 0 aromatic heterocycles. The number of rotatable bonds is 20. The molecule has 0 rings (SSSR count). The summed E-state index contributed by atoms with van der Waals surface area (Å²) < 4.78 is -1.43. The van der Waals surface area contributed by atoms with Gasteiger partial charge in [-0.3, -0.25) is 9.59 Å². The van der Waals surface area contributed by atoms with Gasteiger partial charge in [-0.1, -0.05) is 110 Å². The Morgan fingerprint density at radius 3 is 1.30 bits per heavy atom. The van der Waals surface area contributed by atoms with Gasteiger partial charge in [-0.15, -0.1) is 0 Å². The number of thiol groups is 1. The average molecular weight is 403 g/mol. The molecule has 0 radical (unpaired) electrons. The van der Waals surface area contributed by atoms with Gasteiger partial charge in [0, 0.05) is 0 Å². The zero-order valence-corrected chi connectivity index (χ0v) is 18.3. The zero-order chi connectivity index (χ0) is 20.4. The third kappa shape index (κ3) is 16.0. The number of carboxylic acid groups (broad SMARTS) is 2. The van der Waals surface area contributed by atoms with E-state index in [1.165, 1.54) is 83.5 Å². The lowest BCUT2D eigenvalue weighted by molar-refractivity contribution is -0.146. The van der Waals surface area contributed by atoms with E-state index >= 15 is 0 Å². The van der Waals surface area contributed by atoms with Crippen molar-refractivity contribution in [1.82, 2.24) is 0 Å². The summed E-state index contributed by atoms with van der Waals surface area (Å²) in [5, 5.41) is 18.0. The van der Waals surface area contributed by atoms with Crippen molar-refractivity contribution in [2.75, 3.05) is 0 Å². The molecule has 0 amide bonds. The van der Waals surface area contributed by atoms with Crippen LogP contribution in [0.1, 0.15) is 122 Å². The van der Waals surface area contributed by atoms with Crippen LogP contribution >= 0.6 is 12.6 Å². The summed E-state index contributed by atoms with van der Waals surface area (Å²) in [5.41, 5.74) is 0. The van der Waals surface area contributed by atoms with Gasteiger partial charge in [0.25, 0.3) is 0 Å². The molecule has 2 N–H and O–H groups in total. The predicted octanol–water partition coefficient (Wildman–Crippen LogP) is 6.87. The van der Waals surface area contributed by atoms with E-state index in [-0.39, 0.29) is 0 Å². The Bertz CT molecular complexity index is 387. The molecule has 0 aliphatic carbocycles. The molecule has 0 saturated carbocycles. The Labute approximate surface area is 171 Å². The lowest BCUT2D eigenvalue weighted by Crippen LogP contribution is -2.35. The second kappa shape index (κ2) is 17.4. The van der Waals surface area contributed by atoms with E-state index in [0.29, 0.717) is 6.42 Å². The molecular weight excluding hydrogens is 360 g/mol. The predicted molar refractivity (Wildman–Crippen MR) is 116 cm³/mol. The first-order chi connectivity index (χ1) is 12.9. The van der Waals surface area contributed by atoms with E-state index in [4.69, 9.17) is 10.2 Å². The first-order valence-corrected chi connectivity index (χ1v) is 11.5. The number of carboxylic acids is 2. The third-order valence-corrected chi connectivity index (χ3v) is 5.86. The molecule has 0 spiro atoms. The van der Waals surface area contributed by atoms with Crippen LogP contribution < -0.4 is 0 Å². The highest BCUT2D eigenvalue weighted by Gasteiger charge is 2.36. The molecule has 0 saturated heterocycles. The maximum absolute atomic E-state index is 11.2. The number of aliphatic carboxylic acids is 2. The molecule has 160 valence electrons. The van der Waals surface area contributed by atoms with E-state index in [9.17, 15) is 9.59 Å². The monoisotopic (exact) mass is 402 g/mol. The van der Waals surface area contributed by atoms with Gasteiger partial charge in [-0.05, 0) is 6.42 Å². The molecule has 0 aromatic rings. The van der Waals surface area contributed by atoms with Crippen molar-refractivity contribution in [3.63, 3.8) is 0 Å². The lowest BCUT2D eigenvalue weighted by atomic mass is 9.96. The minimum absolute atomic E-state index is 0.316. The summed E-state index contributed by atoms with van der Waals surface area (Å²) in [6, 6.07) is 0. The number of hydrogen-bond donors (Lipinski definition) is 3. The molecule has 0 bridgehead atoms. The van der Waals surface area contributed by atoms with E-state index < -0.39 is 23.1 Å². The highest BCUT2D eigenvalue weighted by molar-refractivity contribution is 7.82. The topological polar surface area (TPSA) is 74.6 Å². The minimum Gasteiger partial charge on any atom is -0.481 e. The third-order valence-electron chi connectivity index (χ3n) is 5.29. The van der Waals surface area contributed by atoms with Gasteiger partial charge < -0.3 is 10.2 Å². The summed E-state index contributed by atoms with van der Waals surface area (Å²) in [7, 11) is 0. The quantitative estimate of drug-likeness (QED) is 0.153. The SMILES string of the molecule is CCCCCCCCCCCCCCCCCCC(S)(CC(=O)O)C(=O)O. The van der Waals surface area contributed by atoms with Crippen LogP contribution in [0.4, 0.5) is 0 Å². The largest absolute Gasteiger partial charge is 0.481 e. The van der Waals surface area contributed by atoms with Gasteiger partial charge in [-0.25, -0.2) is 0 Å². The highest BCUT2D eigenvalue weighted by atomic mass is 32.1. The Morgan fingerprint density at radius 2 is 1.00 bits per heavy atom. The van der Waals surface area contributed by atoms with Crippen molar-refractivity contribution < 1.29 is 19.8 Å². The van der Waals surface area contributed by atoms with E-state index in [0.717, 1.165) is 19.3 Å². The fourth-order valence-electron chi connectivity index (χ4n) is 3.49. The van der Waals surface area contributed by atoms with Crippen molar-refractivity contribution in [2.24, 2.45) is 0 Å². The summed E-state index contributed by atoms with van der Waals surface area (Å²) in [5.74, 6) is -2.24. The Morgan fingerprint density at radius 1 is 0.667 bits per heavy atom. The Balaban J connectivity index is 3.40. The first-order valence-electron chi connectivity index (χ1n) is 11.1. The second-order valence-corrected chi connectivity index (χ2v) is 8.82. The molecule has 0 aliphatic heterocycles. The van der Waals surface area contributed by atoms with E-state index in [1.807, 2.05) is 0 Å². The molecule has 5 heteroatoms. The van der Waals surface area contributed by atoms with Crippen LogP contribution in [0.15, 0.2) is 0 Å². The van der Waals surface area contributed by atoms with Crippen molar-refractivity contribution in [1.29, 1.82) is 0 Å². The summed E-state index contributed by atoms with van der Waals surface area (Å²) >= 11 is 4.10. The molecule has 1 unspecified atom stereocenters. The van der Waals surface area contributed by atoms with Gasteiger partial charge in [0.15, 0.2) is 0 Å². The highest BCUT2D eigenvalue weighted by Crippen LogP contribution is 2.27. The van der Waals surface area contributed by atoms with Crippen LogP contribution in [0.5, 0.6) is 0 Å². The van der Waals surface area contributed by atoms with Crippen LogP contribution in [0.3, 0.4) is 0 Å². The normalized spacial score (nSPS) is 13.4. The van der Waals surface area contributed by atoms with Crippen molar-refractivity contribution >= 4 is 24.6 Å². The molecule has 0 heterocycles. The minimum atomic E-state index is -1.43. The maximum Gasteiger partial charge on any atom is 0.320 e. The number of unbranched alkanes of at least 4 members (excludes halogenated alkanes) is 15. The average Bonchev–Trinajstić information content (AvgIpc) is 2.60. The van der Waals surface area contributed by atoms with Crippen LogP contribution in [0.2, 0.25) is 0 Å². The van der Waals surface area contributed by atoms with E-state index in [1.54, 1.807) is 0 Å². The zero-order valence-electron chi connectivity index (χ0n) is 17.4. The van der Waals surface area contributed by atoms with Gasteiger partial charge >= 0.3 is 11.9 Å². The summed E-state index contributed by atoms with van der Waals surface area (Å²) in [4.78, 5) is 22.0. The van der Waals surface area contributed by atoms with Gasteiger partial charge in [-0.2, -0.15) is 12.6 Å².